The van der Waals surface area contributed by atoms with Gasteiger partial charge in [0, 0.05) is 28.5 Å². The molecule has 0 unspecified atom stereocenters. The number of rotatable bonds is 4. The highest BCUT2D eigenvalue weighted by molar-refractivity contribution is 9.10. The van der Waals surface area contributed by atoms with Crippen LogP contribution in [0.15, 0.2) is 40.0 Å². The third kappa shape index (κ3) is 2.89. The second-order valence-corrected chi connectivity index (χ2v) is 6.21. The molecule has 1 heterocycles. The number of aromatic amines is 1. The van der Waals surface area contributed by atoms with E-state index in [1.165, 1.54) is 12.1 Å². The number of halogens is 1. The van der Waals surface area contributed by atoms with E-state index in [0.29, 0.717) is 10.2 Å². The van der Waals surface area contributed by atoms with Crippen LogP contribution >= 0.6 is 15.9 Å². The molecule has 0 spiro atoms. The molecule has 6 nitrogen and oxygen atoms in total. The number of nitrogen functional groups attached to an aromatic ring is 1. The highest BCUT2D eigenvalue weighted by Gasteiger charge is 2.17. The van der Waals surface area contributed by atoms with Crippen LogP contribution in [-0.4, -0.2) is 18.6 Å². The Morgan fingerprint density at radius 2 is 2.22 bits per heavy atom. The largest absolute Gasteiger partial charge is 0.399 e. The zero-order chi connectivity index (χ0) is 13.2. The quantitative estimate of drug-likeness (QED) is 0.734. The molecule has 2 rings (SSSR count). The highest BCUT2D eigenvalue weighted by Crippen LogP contribution is 2.24. The van der Waals surface area contributed by atoms with Crippen LogP contribution < -0.4 is 10.5 Å². The van der Waals surface area contributed by atoms with Crippen LogP contribution in [0, 0.1) is 0 Å². The van der Waals surface area contributed by atoms with E-state index >= 15 is 0 Å². The predicted molar refractivity (Wildman–Crippen MR) is 71.2 cm³/mol. The van der Waals surface area contributed by atoms with Crippen LogP contribution in [0.5, 0.6) is 0 Å². The van der Waals surface area contributed by atoms with Crippen LogP contribution in [-0.2, 0) is 16.6 Å². The molecule has 2 aromatic rings. The zero-order valence-electron chi connectivity index (χ0n) is 9.22. The maximum Gasteiger partial charge on any atom is 0.241 e. The van der Waals surface area contributed by atoms with Gasteiger partial charge in [-0.3, -0.25) is 5.10 Å². The van der Waals surface area contributed by atoms with Crippen molar-refractivity contribution in [3.63, 3.8) is 0 Å². The minimum absolute atomic E-state index is 0.153. The normalized spacial score (nSPS) is 11.6. The molecule has 0 aliphatic heterocycles. The molecule has 0 atom stereocenters. The maximum atomic E-state index is 12.0. The Labute approximate surface area is 113 Å². The van der Waals surface area contributed by atoms with E-state index in [2.05, 4.69) is 30.8 Å². The molecule has 8 heteroatoms. The fourth-order valence-corrected chi connectivity index (χ4v) is 3.48. The fourth-order valence-electron chi connectivity index (χ4n) is 1.37. The molecule has 0 radical (unpaired) electrons. The first-order valence-corrected chi connectivity index (χ1v) is 7.29. The average molecular weight is 331 g/mol. The van der Waals surface area contributed by atoms with Gasteiger partial charge in [-0.2, -0.15) is 5.10 Å². The summed E-state index contributed by atoms with van der Waals surface area (Å²) in [5, 5.41) is 6.35. The van der Waals surface area contributed by atoms with Crippen molar-refractivity contribution in [2.24, 2.45) is 0 Å². The lowest BCUT2D eigenvalue weighted by atomic mass is 10.3. The molecular formula is C10H11BrN4O2S. The van der Waals surface area contributed by atoms with Gasteiger partial charge in [0.05, 0.1) is 11.1 Å². The van der Waals surface area contributed by atoms with Gasteiger partial charge in [-0.15, -0.1) is 0 Å². The van der Waals surface area contributed by atoms with E-state index in [0.717, 1.165) is 5.56 Å². The van der Waals surface area contributed by atoms with Gasteiger partial charge >= 0.3 is 0 Å². The summed E-state index contributed by atoms with van der Waals surface area (Å²) in [5.41, 5.74) is 6.82. The molecule has 4 N–H and O–H groups in total. The fraction of sp³-hybridized carbons (Fsp3) is 0.100. The van der Waals surface area contributed by atoms with E-state index in [1.807, 2.05) is 0 Å². The number of aromatic nitrogens is 2. The standard InChI is InChI=1S/C10H11BrN4O2S/c11-9-3-8(12)1-2-10(9)18(16,17)15-6-7-4-13-14-5-7/h1-5,15H,6,12H2,(H,13,14). The minimum Gasteiger partial charge on any atom is -0.399 e. The third-order valence-corrected chi connectivity index (χ3v) is 4.64. The summed E-state index contributed by atoms with van der Waals surface area (Å²) in [4.78, 5) is 0.153. The van der Waals surface area contributed by atoms with Crippen molar-refractivity contribution < 1.29 is 8.42 Å². The van der Waals surface area contributed by atoms with Crippen LogP contribution in [0.2, 0.25) is 0 Å². The zero-order valence-corrected chi connectivity index (χ0v) is 11.6. The molecule has 1 aromatic heterocycles. The van der Waals surface area contributed by atoms with E-state index in [1.54, 1.807) is 18.5 Å². The first-order chi connectivity index (χ1) is 8.49. The topological polar surface area (TPSA) is 101 Å². The van der Waals surface area contributed by atoms with Crippen LogP contribution in [0.4, 0.5) is 5.69 Å². The number of sulfonamides is 1. The number of nitrogens with one attached hydrogen (secondary N) is 2. The van der Waals surface area contributed by atoms with Crippen LogP contribution in [0.1, 0.15) is 5.56 Å². The Kier molecular flexibility index (Phi) is 3.69. The number of anilines is 1. The molecule has 0 bridgehead atoms. The molecule has 0 aliphatic carbocycles. The molecule has 1 aromatic carbocycles. The van der Waals surface area contributed by atoms with Gasteiger partial charge < -0.3 is 5.73 Å². The lowest BCUT2D eigenvalue weighted by Gasteiger charge is -2.08. The van der Waals surface area contributed by atoms with Gasteiger partial charge in [-0.25, -0.2) is 13.1 Å². The Morgan fingerprint density at radius 1 is 1.44 bits per heavy atom. The number of hydrogen-bond acceptors (Lipinski definition) is 4. The van der Waals surface area contributed by atoms with Crippen molar-refractivity contribution in [1.82, 2.24) is 14.9 Å². The average Bonchev–Trinajstić information content (AvgIpc) is 2.78. The van der Waals surface area contributed by atoms with Gasteiger partial charge in [0.25, 0.3) is 0 Å². The van der Waals surface area contributed by atoms with E-state index in [9.17, 15) is 8.42 Å². The molecular weight excluding hydrogens is 320 g/mol. The van der Waals surface area contributed by atoms with Crippen molar-refractivity contribution in [3.8, 4) is 0 Å². The first kappa shape index (κ1) is 13.1. The van der Waals surface area contributed by atoms with E-state index in [-0.39, 0.29) is 11.4 Å². The van der Waals surface area contributed by atoms with Crippen molar-refractivity contribution >= 4 is 31.6 Å². The van der Waals surface area contributed by atoms with Crippen LogP contribution in [0.25, 0.3) is 0 Å². The van der Waals surface area contributed by atoms with E-state index < -0.39 is 10.0 Å². The molecule has 0 amide bonds. The summed E-state index contributed by atoms with van der Waals surface area (Å²) in [7, 11) is -3.58. The van der Waals surface area contributed by atoms with Gasteiger partial charge in [0.1, 0.15) is 0 Å². The molecule has 0 aliphatic rings. The second kappa shape index (κ2) is 5.09. The number of benzene rings is 1. The predicted octanol–water partition coefficient (Wildman–Crippen LogP) is 1.23. The van der Waals surface area contributed by atoms with Gasteiger partial charge in [-0.1, -0.05) is 0 Å². The summed E-state index contributed by atoms with van der Waals surface area (Å²) >= 11 is 3.18. The number of nitrogens with two attached hydrogens (primary N) is 1. The molecule has 0 saturated heterocycles. The van der Waals surface area contributed by atoms with Gasteiger partial charge in [0.2, 0.25) is 10.0 Å². The lowest BCUT2D eigenvalue weighted by Crippen LogP contribution is -2.23. The number of H-pyrrole nitrogens is 1. The number of nitrogens with zero attached hydrogens (tertiary/aromatic N) is 1. The summed E-state index contributed by atoms with van der Waals surface area (Å²) in [6.45, 7) is 0.176. The maximum absolute atomic E-state index is 12.0. The molecule has 0 fully saturated rings. The highest BCUT2D eigenvalue weighted by atomic mass is 79.9. The first-order valence-electron chi connectivity index (χ1n) is 5.01. The Morgan fingerprint density at radius 3 is 2.83 bits per heavy atom. The molecule has 18 heavy (non-hydrogen) atoms. The smallest absolute Gasteiger partial charge is 0.241 e. The molecule has 0 saturated carbocycles. The summed E-state index contributed by atoms with van der Waals surface area (Å²) in [6, 6.07) is 4.54. The minimum atomic E-state index is -3.58. The van der Waals surface area contributed by atoms with Crippen molar-refractivity contribution in [2.45, 2.75) is 11.4 Å². The lowest BCUT2D eigenvalue weighted by molar-refractivity contribution is 0.581. The van der Waals surface area contributed by atoms with Gasteiger partial charge in [-0.05, 0) is 34.1 Å². The van der Waals surface area contributed by atoms with Gasteiger partial charge in [0.15, 0.2) is 0 Å². The van der Waals surface area contributed by atoms with Crippen molar-refractivity contribution in [1.29, 1.82) is 0 Å². The Balaban J connectivity index is 2.20. The van der Waals surface area contributed by atoms with Crippen LogP contribution in [0.3, 0.4) is 0 Å². The number of hydrogen-bond donors (Lipinski definition) is 3. The SMILES string of the molecule is Nc1ccc(S(=O)(=O)NCc2cn[nH]c2)c(Br)c1. The Bertz CT molecular complexity index is 640. The summed E-state index contributed by atoms with van der Waals surface area (Å²) in [5.74, 6) is 0. The summed E-state index contributed by atoms with van der Waals surface area (Å²) in [6.07, 6.45) is 3.18. The third-order valence-electron chi connectivity index (χ3n) is 2.27. The summed E-state index contributed by atoms with van der Waals surface area (Å²) < 4.78 is 27.0. The monoisotopic (exact) mass is 330 g/mol. The Hall–Kier alpha value is -1.38. The second-order valence-electron chi connectivity index (χ2n) is 3.62. The van der Waals surface area contributed by atoms with E-state index in [4.69, 9.17) is 5.73 Å². The van der Waals surface area contributed by atoms with Crippen molar-refractivity contribution in [3.05, 3.63) is 40.6 Å². The van der Waals surface area contributed by atoms with Crippen molar-refractivity contribution in [2.75, 3.05) is 5.73 Å². The molecule has 96 valence electrons.